The third-order valence-corrected chi connectivity index (χ3v) is 6.41. The zero-order chi connectivity index (χ0) is 21.3. The number of carbonyl (C=O) groups excluding carboxylic acids is 1. The molecule has 0 unspecified atom stereocenters. The van der Waals surface area contributed by atoms with E-state index in [1.54, 1.807) is 0 Å². The number of halogens is 1. The number of aromatic nitrogens is 2. The van der Waals surface area contributed by atoms with Crippen molar-refractivity contribution in [3.05, 3.63) is 54.9 Å². The van der Waals surface area contributed by atoms with Gasteiger partial charge in [-0.2, -0.15) is 0 Å². The number of thiophene rings is 1. The third kappa shape index (κ3) is 4.15. The molecule has 0 bridgehead atoms. The third-order valence-electron chi connectivity index (χ3n) is 4.34. The Hall–Kier alpha value is -2.79. The van der Waals surface area contributed by atoms with Crippen LogP contribution < -0.4 is 10.9 Å². The summed E-state index contributed by atoms with van der Waals surface area (Å²) in [7, 11) is 0. The van der Waals surface area contributed by atoms with E-state index in [-0.39, 0.29) is 22.7 Å². The largest absolute Gasteiger partial charge is 0.323 e. The number of aryl methyl sites for hydroxylation is 2. The summed E-state index contributed by atoms with van der Waals surface area (Å²) in [6.07, 6.45) is 0. The van der Waals surface area contributed by atoms with Crippen molar-refractivity contribution >= 4 is 50.6 Å². The lowest BCUT2D eigenvalue weighted by molar-refractivity contribution is -0.384. The SMILES string of the molecule is CCn1c(SCC(=O)Nc2cc([N+](=O)[O-])ccc2F)nc2sc(C)c(C)c2c1=O. The topological polar surface area (TPSA) is 107 Å². The van der Waals surface area contributed by atoms with Gasteiger partial charge in [0.15, 0.2) is 5.16 Å². The summed E-state index contributed by atoms with van der Waals surface area (Å²) in [4.78, 5) is 41.3. The number of nitro benzene ring substituents is 1. The summed E-state index contributed by atoms with van der Waals surface area (Å²) in [5.41, 5.74) is 0.141. The van der Waals surface area contributed by atoms with E-state index in [0.29, 0.717) is 21.9 Å². The minimum atomic E-state index is -0.775. The van der Waals surface area contributed by atoms with Gasteiger partial charge in [0.25, 0.3) is 11.2 Å². The van der Waals surface area contributed by atoms with E-state index in [4.69, 9.17) is 0 Å². The molecule has 0 aliphatic carbocycles. The first-order valence-electron chi connectivity index (χ1n) is 8.60. The van der Waals surface area contributed by atoms with Crippen LogP contribution in [-0.2, 0) is 11.3 Å². The van der Waals surface area contributed by atoms with Crippen molar-refractivity contribution in [3.8, 4) is 0 Å². The van der Waals surface area contributed by atoms with Gasteiger partial charge in [0, 0.05) is 23.6 Å². The molecule has 0 fully saturated rings. The van der Waals surface area contributed by atoms with Crippen LogP contribution >= 0.6 is 23.1 Å². The smallest absolute Gasteiger partial charge is 0.271 e. The fourth-order valence-electron chi connectivity index (χ4n) is 2.74. The van der Waals surface area contributed by atoms with E-state index >= 15 is 0 Å². The van der Waals surface area contributed by atoms with Crippen LogP contribution in [0.3, 0.4) is 0 Å². The van der Waals surface area contributed by atoms with Crippen LogP contribution in [0.2, 0.25) is 0 Å². The van der Waals surface area contributed by atoms with Crippen LogP contribution in [0.1, 0.15) is 17.4 Å². The second-order valence-corrected chi connectivity index (χ2v) is 8.31. The maximum absolute atomic E-state index is 13.8. The van der Waals surface area contributed by atoms with E-state index in [1.807, 2.05) is 20.8 Å². The molecule has 2 heterocycles. The van der Waals surface area contributed by atoms with Crippen molar-refractivity contribution in [1.82, 2.24) is 9.55 Å². The molecule has 0 aliphatic heterocycles. The van der Waals surface area contributed by atoms with Gasteiger partial charge in [-0.05, 0) is 32.4 Å². The number of hydrogen-bond acceptors (Lipinski definition) is 7. The van der Waals surface area contributed by atoms with E-state index in [0.717, 1.165) is 40.4 Å². The number of anilines is 1. The van der Waals surface area contributed by atoms with Gasteiger partial charge in [0.1, 0.15) is 10.6 Å². The Kier molecular flexibility index (Phi) is 5.99. The first kappa shape index (κ1) is 20.9. The predicted molar refractivity (Wildman–Crippen MR) is 111 cm³/mol. The Bertz CT molecular complexity index is 1190. The molecule has 0 saturated heterocycles. The summed E-state index contributed by atoms with van der Waals surface area (Å²) in [6.45, 7) is 6.00. The van der Waals surface area contributed by atoms with Crippen LogP contribution in [0.25, 0.3) is 10.2 Å². The highest BCUT2D eigenvalue weighted by atomic mass is 32.2. The van der Waals surface area contributed by atoms with Crippen molar-refractivity contribution < 1.29 is 14.1 Å². The molecule has 3 rings (SSSR count). The molecular formula is C18H17FN4O4S2. The van der Waals surface area contributed by atoms with Gasteiger partial charge in [0.05, 0.1) is 21.7 Å². The van der Waals surface area contributed by atoms with E-state index in [9.17, 15) is 24.1 Å². The van der Waals surface area contributed by atoms with Crippen LogP contribution in [0.15, 0.2) is 28.2 Å². The van der Waals surface area contributed by atoms with E-state index < -0.39 is 16.6 Å². The second-order valence-electron chi connectivity index (χ2n) is 6.17. The first-order chi connectivity index (χ1) is 13.7. The highest BCUT2D eigenvalue weighted by Gasteiger charge is 2.18. The van der Waals surface area contributed by atoms with E-state index in [2.05, 4.69) is 10.3 Å². The van der Waals surface area contributed by atoms with Gasteiger partial charge in [0.2, 0.25) is 5.91 Å². The van der Waals surface area contributed by atoms with Crippen molar-refractivity contribution in [2.45, 2.75) is 32.5 Å². The molecule has 3 aromatic rings. The van der Waals surface area contributed by atoms with Gasteiger partial charge in [-0.1, -0.05) is 11.8 Å². The highest BCUT2D eigenvalue weighted by Crippen LogP contribution is 2.28. The highest BCUT2D eigenvalue weighted by molar-refractivity contribution is 7.99. The average molecular weight is 436 g/mol. The van der Waals surface area contributed by atoms with Crippen LogP contribution in [-0.4, -0.2) is 26.1 Å². The number of hydrogen-bond donors (Lipinski definition) is 1. The van der Waals surface area contributed by atoms with Gasteiger partial charge < -0.3 is 5.32 Å². The molecule has 1 amide bonds. The van der Waals surface area contributed by atoms with Crippen LogP contribution in [0.4, 0.5) is 15.8 Å². The lowest BCUT2D eigenvalue weighted by Crippen LogP contribution is -2.23. The van der Waals surface area contributed by atoms with Crippen molar-refractivity contribution in [2.75, 3.05) is 11.1 Å². The van der Waals surface area contributed by atoms with Crippen LogP contribution in [0, 0.1) is 29.8 Å². The summed E-state index contributed by atoms with van der Waals surface area (Å²) >= 11 is 2.47. The number of benzene rings is 1. The normalized spacial score (nSPS) is 11.0. The molecule has 0 radical (unpaired) electrons. The minimum absolute atomic E-state index is 0.135. The number of amides is 1. The second kappa shape index (κ2) is 8.29. The van der Waals surface area contributed by atoms with Crippen molar-refractivity contribution in [3.63, 3.8) is 0 Å². The van der Waals surface area contributed by atoms with Gasteiger partial charge >= 0.3 is 0 Å². The zero-order valence-electron chi connectivity index (χ0n) is 15.8. The molecule has 1 N–H and O–H groups in total. The monoisotopic (exact) mass is 436 g/mol. The molecule has 1 aromatic carbocycles. The molecule has 0 spiro atoms. The van der Waals surface area contributed by atoms with Crippen molar-refractivity contribution in [2.24, 2.45) is 0 Å². The maximum atomic E-state index is 13.8. The summed E-state index contributed by atoms with van der Waals surface area (Å²) in [6, 6.07) is 2.90. The number of fused-ring (bicyclic) bond motifs is 1. The molecular weight excluding hydrogens is 419 g/mol. The lowest BCUT2D eigenvalue weighted by atomic mass is 10.2. The Morgan fingerprint density at radius 3 is 2.79 bits per heavy atom. The molecule has 11 heteroatoms. The standard InChI is InChI=1S/C18H17FN4O4S2/c1-4-22-17(25)15-9(2)10(3)29-16(15)21-18(22)28-8-14(24)20-13-7-11(23(26)27)5-6-12(13)19/h5-7H,4,8H2,1-3H3,(H,20,24). The quantitative estimate of drug-likeness (QED) is 0.272. The Morgan fingerprint density at radius 2 is 2.14 bits per heavy atom. The summed E-state index contributed by atoms with van der Waals surface area (Å²) < 4.78 is 15.3. The molecule has 29 heavy (non-hydrogen) atoms. The number of nitro groups is 1. The molecule has 2 aromatic heterocycles. The number of carbonyl (C=O) groups is 1. The summed E-state index contributed by atoms with van der Waals surface area (Å²) in [5.74, 6) is -1.47. The van der Waals surface area contributed by atoms with Gasteiger partial charge in [-0.25, -0.2) is 9.37 Å². The van der Waals surface area contributed by atoms with Crippen molar-refractivity contribution in [1.29, 1.82) is 0 Å². The zero-order valence-corrected chi connectivity index (χ0v) is 17.4. The Labute approximate surface area is 172 Å². The Morgan fingerprint density at radius 1 is 1.41 bits per heavy atom. The number of nitrogens with zero attached hydrogens (tertiary/aromatic N) is 3. The first-order valence-corrected chi connectivity index (χ1v) is 10.4. The molecule has 0 atom stereocenters. The average Bonchev–Trinajstić information content (AvgIpc) is 2.95. The predicted octanol–water partition coefficient (Wildman–Crippen LogP) is 3.87. The van der Waals surface area contributed by atoms with E-state index in [1.165, 1.54) is 15.9 Å². The number of nitrogens with one attached hydrogen (secondary N) is 1. The fourth-order valence-corrected chi connectivity index (χ4v) is 4.67. The van der Waals surface area contributed by atoms with Crippen LogP contribution in [0.5, 0.6) is 0 Å². The number of rotatable bonds is 6. The molecule has 152 valence electrons. The van der Waals surface area contributed by atoms with Gasteiger partial charge in [-0.15, -0.1) is 11.3 Å². The lowest BCUT2D eigenvalue weighted by Gasteiger charge is -2.10. The van der Waals surface area contributed by atoms with Gasteiger partial charge in [-0.3, -0.25) is 24.3 Å². The minimum Gasteiger partial charge on any atom is -0.323 e. The fraction of sp³-hybridized carbons (Fsp3) is 0.278. The summed E-state index contributed by atoms with van der Waals surface area (Å²) in [5, 5.41) is 14.1. The number of thioether (sulfide) groups is 1. The number of non-ortho nitro benzene ring substituents is 1. The Balaban J connectivity index is 1.82. The molecule has 0 aliphatic rings. The maximum Gasteiger partial charge on any atom is 0.271 e. The molecule has 0 saturated carbocycles. The molecule has 8 nitrogen and oxygen atoms in total.